The molecule has 0 fully saturated rings. The van der Waals surface area contributed by atoms with Gasteiger partial charge in [0.05, 0.1) is 49.2 Å². The van der Waals surface area contributed by atoms with Gasteiger partial charge in [0.1, 0.15) is 22.8 Å². The predicted octanol–water partition coefficient (Wildman–Crippen LogP) is 7.33. The molecule has 5 aromatic rings. The van der Waals surface area contributed by atoms with Crippen LogP contribution in [0.4, 0.5) is 9.59 Å². The Morgan fingerprint density at radius 1 is 0.679 bits per heavy atom. The molecular weight excluding hydrogens is 709 g/mol. The second-order valence-electron chi connectivity index (χ2n) is 15.7. The lowest BCUT2D eigenvalue weighted by atomic mass is 10.1. The normalized spacial score (nSPS) is 11.8. The number of nitrogens with one attached hydrogen (secondary N) is 2. The highest BCUT2D eigenvalue weighted by Crippen LogP contribution is 2.19. The molecule has 0 aliphatic rings. The number of ether oxygens (including phenoxy) is 3. The SMILES string of the molecule is COc1ccc2[nH]c(CNCc3ccc(CN(CCN(Cc4ccccn4)C(=O)OC(C)(C)C)CCN(Cc4ccccn4)C(=O)OC(C)(C)C)cc3)nc2c1. The molecule has 3 heterocycles. The standard InChI is InChI=1S/C43H56N8O5/c1-42(2,3)55-40(52)50(30-34-12-8-10-20-45-34)24-22-49(23-25-51(41(53)56-43(4,5)6)31-35-13-9-11-21-46-35)29-33-16-14-32(15-17-33)27-44-28-39-47-37-19-18-36(54-7)26-38(37)48-39/h8-21,26,44H,22-25,27-31H2,1-7H3,(H,47,48). The Bertz CT molecular complexity index is 1900. The summed E-state index contributed by atoms with van der Waals surface area (Å²) in [7, 11) is 1.65. The number of pyridine rings is 2. The summed E-state index contributed by atoms with van der Waals surface area (Å²) in [5.41, 5.74) is 4.28. The summed E-state index contributed by atoms with van der Waals surface area (Å²) in [5, 5.41) is 3.48. The van der Waals surface area contributed by atoms with Crippen LogP contribution in [0.15, 0.2) is 91.3 Å². The first-order valence-corrected chi connectivity index (χ1v) is 19.0. The summed E-state index contributed by atoms with van der Waals surface area (Å²) in [6.07, 6.45) is 2.62. The number of benzene rings is 2. The average Bonchev–Trinajstić information content (AvgIpc) is 3.56. The van der Waals surface area contributed by atoms with Gasteiger partial charge in [-0.25, -0.2) is 14.6 Å². The number of imidazole rings is 1. The zero-order valence-corrected chi connectivity index (χ0v) is 33.7. The number of H-pyrrole nitrogens is 1. The summed E-state index contributed by atoms with van der Waals surface area (Å²) in [6, 6.07) is 25.6. The van der Waals surface area contributed by atoms with Crippen molar-refractivity contribution in [2.75, 3.05) is 33.3 Å². The minimum atomic E-state index is -0.657. The van der Waals surface area contributed by atoms with Crippen molar-refractivity contribution in [3.05, 3.63) is 120 Å². The molecule has 298 valence electrons. The van der Waals surface area contributed by atoms with Crippen molar-refractivity contribution < 1.29 is 23.8 Å². The fraction of sp³-hybridized carbons (Fsp3) is 0.419. The van der Waals surface area contributed by atoms with Gasteiger partial charge in [-0.2, -0.15) is 0 Å². The maximum absolute atomic E-state index is 13.5. The van der Waals surface area contributed by atoms with E-state index in [1.165, 1.54) is 0 Å². The molecule has 0 spiro atoms. The molecule has 13 heteroatoms. The van der Waals surface area contributed by atoms with Gasteiger partial charge < -0.3 is 34.3 Å². The van der Waals surface area contributed by atoms with Crippen LogP contribution in [0.2, 0.25) is 0 Å². The van der Waals surface area contributed by atoms with Crippen molar-refractivity contribution >= 4 is 23.2 Å². The van der Waals surface area contributed by atoms with Gasteiger partial charge in [0.2, 0.25) is 0 Å². The number of carbonyl (C=O) groups excluding carboxylic acids is 2. The molecular formula is C43H56N8O5. The lowest BCUT2D eigenvalue weighted by Crippen LogP contribution is -2.44. The van der Waals surface area contributed by atoms with Crippen LogP contribution in [0.1, 0.15) is 69.9 Å². The monoisotopic (exact) mass is 764 g/mol. The number of methoxy groups -OCH3 is 1. The van der Waals surface area contributed by atoms with Crippen molar-refractivity contribution in [2.24, 2.45) is 0 Å². The number of aromatic amines is 1. The summed E-state index contributed by atoms with van der Waals surface area (Å²) in [5.74, 6) is 1.63. The van der Waals surface area contributed by atoms with Gasteiger partial charge in [-0.15, -0.1) is 0 Å². The van der Waals surface area contributed by atoms with Crippen LogP contribution < -0.4 is 10.1 Å². The Kier molecular flexibility index (Phi) is 14.4. The average molecular weight is 765 g/mol. The molecule has 3 aromatic heterocycles. The highest BCUT2D eigenvalue weighted by molar-refractivity contribution is 5.76. The lowest BCUT2D eigenvalue weighted by Gasteiger charge is -2.32. The van der Waals surface area contributed by atoms with Gasteiger partial charge in [-0.3, -0.25) is 14.9 Å². The molecule has 0 saturated heterocycles. The quantitative estimate of drug-likeness (QED) is 0.0991. The summed E-state index contributed by atoms with van der Waals surface area (Å²) >= 11 is 0. The van der Waals surface area contributed by atoms with Crippen LogP contribution in [-0.4, -0.2) is 91.3 Å². The van der Waals surface area contributed by atoms with E-state index in [4.69, 9.17) is 14.2 Å². The molecule has 0 radical (unpaired) electrons. The van der Waals surface area contributed by atoms with E-state index in [2.05, 4.69) is 54.4 Å². The molecule has 0 unspecified atom stereocenters. The van der Waals surface area contributed by atoms with Gasteiger partial charge >= 0.3 is 12.2 Å². The zero-order valence-electron chi connectivity index (χ0n) is 33.7. The van der Waals surface area contributed by atoms with E-state index < -0.39 is 23.4 Å². The molecule has 2 amide bonds. The maximum Gasteiger partial charge on any atom is 0.410 e. The number of hydrogen-bond donors (Lipinski definition) is 2. The van der Waals surface area contributed by atoms with E-state index in [-0.39, 0.29) is 0 Å². The number of rotatable bonds is 17. The van der Waals surface area contributed by atoms with Crippen LogP contribution in [0.25, 0.3) is 11.0 Å². The van der Waals surface area contributed by atoms with Crippen LogP contribution >= 0.6 is 0 Å². The first kappa shape index (κ1) is 41.6. The minimum absolute atomic E-state index is 0.303. The van der Waals surface area contributed by atoms with Crippen LogP contribution in [-0.2, 0) is 42.2 Å². The van der Waals surface area contributed by atoms with Crippen molar-refractivity contribution in [1.29, 1.82) is 0 Å². The molecule has 0 aliphatic carbocycles. The Hall–Kier alpha value is -5.53. The van der Waals surface area contributed by atoms with E-state index in [1.807, 2.05) is 96.1 Å². The molecule has 0 bridgehead atoms. The molecule has 2 N–H and O–H groups in total. The first-order valence-electron chi connectivity index (χ1n) is 19.0. The van der Waals surface area contributed by atoms with Gasteiger partial charge in [-0.05, 0) is 89.1 Å². The minimum Gasteiger partial charge on any atom is -0.497 e. The molecule has 0 saturated carbocycles. The van der Waals surface area contributed by atoms with Gasteiger partial charge in [-0.1, -0.05) is 36.4 Å². The molecule has 0 aliphatic heterocycles. The Balaban J connectivity index is 1.29. The molecule has 2 aromatic carbocycles. The number of nitrogens with zero attached hydrogens (tertiary/aromatic N) is 6. The fourth-order valence-electron chi connectivity index (χ4n) is 5.89. The highest BCUT2D eigenvalue weighted by Gasteiger charge is 2.26. The number of carbonyl (C=O) groups is 2. The second-order valence-corrected chi connectivity index (χ2v) is 15.7. The summed E-state index contributed by atoms with van der Waals surface area (Å²) in [4.78, 5) is 49.5. The van der Waals surface area contributed by atoms with Gasteiger partial charge in [0, 0.05) is 57.7 Å². The van der Waals surface area contributed by atoms with E-state index in [0.717, 1.165) is 45.1 Å². The van der Waals surface area contributed by atoms with E-state index in [1.54, 1.807) is 29.3 Å². The van der Waals surface area contributed by atoms with E-state index in [0.29, 0.717) is 58.9 Å². The van der Waals surface area contributed by atoms with Crippen molar-refractivity contribution in [2.45, 2.75) is 85.5 Å². The summed E-state index contributed by atoms with van der Waals surface area (Å²) in [6.45, 7) is 15.4. The molecule has 0 atom stereocenters. The Morgan fingerprint density at radius 2 is 1.23 bits per heavy atom. The Labute approximate surface area is 330 Å². The van der Waals surface area contributed by atoms with Crippen molar-refractivity contribution in [3.63, 3.8) is 0 Å². The molecule has 5 rings (SSSR count). The highest BCUT2D eigenvalue weighted by atomic mass is 16.6. The van der Waals surface area contributed by atoms with Crippen molar-refractivity contribution in [1.82, 2.24) is 40.0 Å². The first-order chi connectivity index (χ1) is 26.7. The number of aromatic nitrogens is 4. The zero-order chi connectivity index (χ0) is 40.1. The van der Waals surface area contributed by atoms with Gasteiger partial charge in [0.25, 0.3) is 0 Å². The predicted molar refractivity (Wildman–Crippen MR) is 217 cm³/mol. The number of hydrogen-bond acceptors (Lipinski definition) is 10. The fourth-order valence-corrected chi connectivity index (χ4v) is 5.89. The lowest BCUT2D eigenvalue weighted by molar-refractivity contribution is 0.0185. The Morgan fingerprint density at radius 3 is 1.73 bits per heavy atom. The van der Waals surface area contributed by atoms with Crippen LogP contribution in [0.3, 0.4) is 0 Å². The smallest absolute Gasteiger partial charge is 0.410 e. The van der Waals surface area contributed by atoms with E-state index >= 15 is 0 Å². The van der Waals surface area contributed by atoms with Crippen LogP contribution in [0, 0.1) is 0 Å². The molecule has 13 nitrogen and oxygen atoms in total. The van der Waals surface area contributed by atoms with Crippen LogP contribution in [0.5, 0.6) is 5.75 Å². The van der Waals surface area contributed by atoms with Gasteiger partial charge in [0.15, 0.2) is 0 Å². The largest absolute Gasteiger partial charge is 0.497 e. The third-order valence-electron chi connectivity index (χ3n) is 8.62. The number of amides is 2. The third kappa shape index (κ3) is 13.6. The topological polar surface area (TPSA) is 138 Å². The molecule has 56 heavy (non-hydrogen) atoms. The van der Waals surface area contributed by atoms with Crippen molar-refractivity contribution in [3.8, 4) is 5.75 Å². The second kappa shape index (κ2) is 19.4. The van der Waals surface area contributed by atoms with E-state index in [9.17, 15) is 9.59 Å². The third-order valence-corrected chi connectivity index (χ3v) is 8.62. The number of fused-ring (bicyclic) bond motifs is 1. The maximum atomic E-state index is 13.5. The summed E-state index contributed by atoms with van der Waals surface area (Å²) < 4.78 is 16.9.